The fourth-order valence-electron chi connectivity index (χ4n) is 1.65. The molecule has 0 bridgehead atoms. The minimum atomic E-state index is 0.507. The van der Waals surface area contributed by atoms with E-state index in [9.17, 15) is 0 Å². The molecule has 4 nitrogen and oxygen atoms in total. The summed E-state index contributed by atoms with van der Waals surface area (Å²) in [5.41, 5.74) is 1.39. The summed E-state index contributed by atoms with van der Waals surface area (Å²) in [4.78, 5) is 6.42. The first-order valence-corrected chi connectivity index (χ1v) is 5.78. The summed E-state index contributed by atoms with van der Waals surface area (Å²) in [6, 6.07) is 11.5. The summed E-state index contributed by atoms with van der Waals surface area (Å²) in [6.07, 6.45) is 0. The highest BCUT2D eigenvalue weighted by Gasteiger charge is 2.05. The highest BCUT2D eigenvalue weighted by molar-refractivity contribution is 5.85. The number of aromatic nitrogens is 1. The maximum absolute atomic E-state index is 9.13. The predicted octanol–water partition coefficient (Wildman–Crippen LogP) is 2.05. The van der Waals surface area contributed by atoms with E-state index in [-0.39, 0.29) is 0 Å². The van der Waals surface area contributed by atoms with Crippen molar-refractivity contribution in [1.82, 2.24) is 9.88 Å². The average molecular weight is 241 g/mol. The Morgan fingerprint density at radius 2 is 2.11 bits per heavy atom. The van der Waals surface area contributed by atoms with Crippen molar-refractivity contribution < 1.29 is 4.74 Å². The number of rotatable bonds is 4. The summed E-state index contributed by atoms with van der Waals surface area (Å²) in [5, 5.41) is 9.99. The van der Waals surface area contributed by atoms with Crippen molar-refractivity contribution >= 4 is 10.9 Å². The molecule has 2 aromatic rings. The van der Waals surface area contributed by atoms with Gasteiger partial charge in [0.15, 0.2) is 0 Å². The molecule has 0 saturated heterocycles. The van der Waals surface area contributed by atoms with Crippen LogP contribution < -0.4 is 4.74 Å². The van der Waals surface area contributed by atoms with Gasteiger partial charge in [0.2, 0.25) is 5.88 Å². The number of hydrogen-bond donors (Lipinski definition) is 0. The largest absolute Gasteiger partial charge is 0.476 e. The standard InChI is InChI=1S/C14H15N3O/c1-17(2)7-8-18-14-9-11(10-15)12-5-3-4-6-13(12)16-14/h3-6,9H,7-8H2,1-2H3. The van der Waals surface area contributed by atoms with E-state index in [1.54, 1.807) is 6.07 Å². The number of fused-ring (bicyclic) bond motifs is 1. The van der Waals surface area contributed by atoms with Crippen LogP contribution in [0.4, 0.5) is 0 Å². The molecular formula is C14H15N3O. The van der Waals surface area contributed by atoms with Gasteiger partial charge in [-0.25, -0.2) is 4.98 Å². The molecule has 2 rings (SSSR count). The molecule has 92 valence electrons. The second-order valence-corrected chi connectivity index (χ2v) is 4.29. The molecular weight excluding hydrogens is 226 g/mol. The number of hydrogen-bond acceptors (Lipinski definition) is 4. The smallest absolute Gasteiger partial charge is 0.215 e. The zero-order valence-electron chi connectivity index (χ0n) is 10.6. The summed E-state index contributed by atoms with van der Waals surface area (Å²) < 4.78 is 5.56. The van der Waals surface area contributed by atoms with Gasteiger partial charge in [-0.15, -0.1) is 0 Å². The third-order valence-corrected chi connectivity index (χ3v) is 2.60. The van der Waals surface area contributed by atoms with Gasteiger partial charge in [0, 0.05) is 18.0 Å². The van der Waals surface area contributed by atoms with E-state index in [0.29, 0.717) is 18.1 Å². The number of nitriles is 1. The van der Waals surface area contributed by atoms with Gasteiger partial charge in [-0.3, -0.25) is 0 Å². The van der Waals surface area contributed by atoms with Gasteiger partial charge >= 0.3 is 0 Å². The van der Waals surface area contributed by atoms with Gasteiger partial charge in [-0.05, 0) is 20.2 Å². The van der Waals surface area contributed by atoms with Crippen LogP contribution in [0.5, 0.6) is 5.88 Å². The first kappa shape index (κ1) is 12.3. The van der Waals surface area contributed by atoms with Crippen LogP contribution in [0.1, 0.15) is 5.56 Å². The lowest BCUT2D eigenvalue weighted by Crippen LogP contribution is -2.19. The SMILES string of the molecule is CN(C)CCOc1cc(C#N)c2ccccc2n1. The normalized spacial score (nSPS) is 10.6. The summed E-state index contributed by atoms with van der Waals surface area (Å²) in [7, 11) is 3.97. The van der Waals surface area contributed by atoms with Gasteiger partial charge in [-0.1, -0.05) is 18.2 Å². The lowest BCUT2D eigenvalue weighted by molar-refractivity contribution is 0.254. The number of ether oxygens (including phenoxy) is 1. The Morgan fingerprint density at radius 1 is 1.33 bits per heavy atom. The van der Waals surface area contributed by atoms with Crippen molar-refractivity contribution in [3.8, 4) is 11.9 Å². The van der Waals surface area contributed by atoms with Crippen LogP contribution >= 0.6 is 0 Å². The van der Waals surface area contributed by atoms with Crippen LogP contribution in [-0.2, 0) is 0 Å². The number of benzene rings is 1. The minimum absolute atomic E-state index is 0.507. The van der Waals surface area contributed by atoms with E-state index >= 15 is 0 Å². The zero-order chi connectivity index (χ0) is 13.0. The lowest BCUT2D eigenvalue weighted by atomic mass is 10.1. The van der Waals surface area contributed by atoms with Crippen molar-refractivity contribution in [2.24, 2.45) is 0 Å². The first-order chi connectivity index (χ1) is 8.70. The Morgan fingerprint density at radius 3 is 2.83 bits per heavy atom. The maximum atomic E-state index is 9.13. The van der Waals surface area contributed by atoms with E-state index in [2.05, 4.69) is 11.1 Å². The second kappa shape index (κ2) is 5.48. The van der Waals surface area contributed by atoms with Crippen molar-refractivity contribution in [3.63, 3.8) is 0 Å². The van der Waals surface area contributed by atoms with E-state index in [4.69, 9.17) is 10.00 Å². The van der Waals surface area contributed by atoms with Gasteiger partial charge in [-0.2, -0.15) is 5.26 Å². The fraction of sp³-hybridized carbons (Fsp3) is 0.286. The van der Waals surface area contributed by atoms with Gasteiger partial charge in [0.1, 0.15) is 12.7 Å². The Hall–Kier alpha value is -2.12. The van der Waals surface area contributed by atoms with Crippen molar-refractivity contribution in [3.05, 3.63) is 35.9 Å². The summed E-state index contributed by atoms with van der Waals surface area (Å²) in [5.74, 6) is 0.507. The number of para-hydroxylation sites is 1. The predicted molar refractivity (Wildman–Crippen MR) is 70.5 cm³/mol. The molecule has 0 amide bonds. The monoisotopic (exact) mass is 241 g/mol. The molecule has 1 aromatic carbocycles. The molecule has 18 heavy (non-hydrogen) atoms. The summed E-state index contributed by atoms with van der Waals surface area (Å²) in [6.45, 7) is 1.37. The van der Waals surface area contributed by atoms with E-state index in [1.165, 1.54) is 0 Å². The summed E-state index contributed by atoms with van der Waals surface area (Å²) >= 11 is 0. The van der Waals surface area contributed by atoms with Crippen molar-refractivity contribution in [2.45, 2.75) is 0 Å². The molecule has 4 heteroatoms. The Balaban J connectivity index is 2.27. The molecule has 0 fully saturated rings. The Labute approximate surface area is 106 Å². The van der Waals surface area contributed by atoms with Crippen molar-refractivity contribution in [1.29, 1.82) is 5.26 Å². The Bertz CT molecular complexity index is 587. The third-order valence-electron chi connectivity index (χ3n) is 2.60. The number of pyridine rings is 1. The highest BCUT2D eigenvalue weighted by atomic mass is 16.5. The molecule has 0 unspecified atom stereocenters. The van der Waals surface area contributed by atoms with Crippen LogP contribution in [0.25, 0.3) is 10.9 Å². The third kappa shape index (κ3) is 2.76. The Kier molecular flexibility index (Phi) is 3.75. The molecule has 0 spiro atoms. The van der Waals surface area contributed by atoms with E-state index < -0.39 is 0 Å². The molecule has 0 aliphatic rings. The first-order valence-electron chi connectivity index (χ1n) is 5.78. The molecule has 1 heterocycles. The molecule has 1 aromatic heterocycles. The average Bonchev–Trinajstić information content (AvgIpc) is 2.37. The molecule has 0 radical (unpaired) electrons. The van der Waals surface area contributed by atoms with Gasteiger partial charge < -0.3 is 9.64 Å². The van der Waals surface area contributed by atoms with Crippen LogP contribution in [0.15, 0.2) is 30.3 Å². The molecule has 0 N–H and O–H groups in total. The molecule has 0 aliphatic heterocycles. The maximum Gasteiger partial charge on any atom is 0.215 e. The zero-order valence-corrected chi connectivity index (χ0v) is 10.6. The highest BCUT2D eigenvalue weighted by Crippen LogP contribution is 2.21. The lowest BCUT2D eigenvalue weighted by Gasteiger charge is -2.11. The minimum Gasteiger partial charge on any atom is -0.476 e. The molecule has 0 atom stereocenters. The molecule has 0 aliphatic carbocycles. The van der Waals surface area contributed by atoms with Crippen LogP contribution in [0.3, 0.4) is 0 Å². The second-order valence-electron chi connectivity index (χ2n) is 4.29. The van der Waals surface area contributed by atoms with Crippen LogP contribution in [-0.4, -0.2) is 37.1 Å². The number of likely N-dealkylation sites (N-methyl/N-ethyl adjacent to an activating group) is 1. The van der Waals surface area contributed by atoms with Crippen LogP contribution in [0.2, 0.25) is 0 Å². The number of nitrogens with zero attached hydrogens (tertiary/aromatic N) is 3. The topological polar surface area (TPSA) is 49.1 Å². The van der Waals surface area contributed by atoms with E-state index in [1.807, 2.05) is 43.3 Å². The van der Waals surface area contributed by atoms with Gasteiger partial charge in [0.25, 0.3) is 0 Å². The fourth-order valence-corrected chi connectivity index (χ4v) is 1.65. The van der Waals surface area contributed by atoms with Crippen molar-refractivity contribution in [2.75, 3.05) is 27.2 Å². The van der Waals surface area contributed by atoms with E-state index in [0.717, 1.165) is 17.4 Å². The molecule has 0 saturated carbocycles. The van der Waals surface area contributed by atoms with Gasteiger partial charge in [0.05, 0.1) is 11.1 Å². The van der Waals surface area contributed by atoms with Crippen LogP contribution in [0, 0.1) is 11.3 Å². The quantitative estimate of drug-likeness (QED) is 0.822.